The van der Waals surface area contributed by atoms with Crippen molar-refractivity contribution in [3.63, 3.8) is 0 Å². The van der Waals surface area contributed by atoms with E-state index in [-0.39, 0.29) is 11.9 Å². The quantitative estimate of drug-likeness (QED) is 0.802. The van der Waals surface area contributed by atoms with Crippen LogP contribution in [0.15, 0.2) is 18.2 Å². The number of esters is 1. The van der Waals surface area contributed by atoms with Crippen molar-refractivity contribution in [3.8, 4) is 11.5 Å². The van der Waals surface area contributed by atoms with Gasteiger partial charge in [0.2, 0.25) is 0 Å². The molecule has 0 amide bonds. The molecule has 106 valence electrons. The van der Waals surface area contributed by atoms with E-state index in [1.54, 1.807) is 26.4 Å². The number of rotatable bonds is 6. The highest BCUT2D eigenvalue weighted by molar-refractivity contribution is 5.79. The number of hydrogen-bond donors (Lipinski definition) is 1. The third-order valence-electron chi connectivity index (χ3n) is 2.83. The van der Waals surface area contributed by atoms with Crippen LogP contribution in [0.2, 0.25) is 0 Å². The largest absolute Gasteiger partial charge is 0.493 e. The molecule has 0 radical (unpaired) electrons. The van der Waals surface area contributed by atoms with Crippen molar-refractivity contribution in [2.24, 2.45) is 5.92 Å². The van der Waals surface area contributed by atoms with Gasteiger partial charge in [-0.25, -0.2) is 4.79 Å². The average molecular weight is 267 g/mol. The van der Waals surface area contributed by atoms with Crippen LogP contribution in [0, 0.1) is 5.92 Å². The zero-order valence-electron chi connectivity index (χ0n) is 12.0. The summed E-state index contributed by atoms with van der Waals surface area (Å²) in [5.41, 5.74) is 0.779. The molecule has 0 saturated heterocycles. The average Bonchev–Trinajstić information content (AvgIpc) is 2.43. The number of ether oxygens (including phenoxy) is 3. The molecule has 5 heteroatoms. The maximum atomic E-state index is 11.7. The van der Waals surface area contributed by atoms with Crippen molar-refractivity contribution >= 4 is 11.7 Å². The van der Waals surface area contributed by atoms with Gasteiger partial charge in [0.25, 0.3) is 0 Å². The number of carbonyl (C=O) groups is 1. The molecule has 0 aliphatic carbocycles. The third-order valence-corrected chi connectivity index (χ3v) is 2.83. The Hall–Kier alpha value is -1.91. The highest BCUT2D eigenvalue weighted by atomic mass is 16.5. The fourth-order valence-electron chi connectivity index (χ4n) is 1.73. The van der Waals surface area contributed by atoms with Gasteiger partial charge in [0.05, 0.1) is 21.3 Å². The van der Waals surface area contributed by atoms with E-state index in [0.29, 0.717) is 11.5 Å². The van der Waals surface area contributed by atoms with Gasteiger partial charge in [-0.05, 0) is 18.1 Å². The van der Waals surface area contributed by atoms with Gasteiger partial charge in [0.1, 0.15) is 6.04 Å². The predicted molar refractivity (Wildman–Crippen MR) is 73.8 cm³/mol. The molecule has 0 aromatic heterocycles. The Labute approximate surface area is 113 Å². The highest BCUT2D eigenvalue weighted by Gasteiger charge is 2.23. The van der Waals surface area contributed by atoms with E-state index >= 15 is 0 Å². The van der Waals surface area contributed by atoms with Crippen LogP contribution in [0.5, 0.6) is 11.5 Å². The molecule has 1 aromatic carbocycles. The molecule has 0 heterocycles. The third kappa shape index (κ3) is 3.77. The molecule has 0 bridgehead atoms. The zero-order valence-corrected chi connectivity index (χ0v) is 12.0. The molecular weight excluding hydrogens is 246 g/mol. The topological polar surface area (TPSA) is 56.8 Å². The Bertz CT molecular complexity index is 431. The molecular formula is C14H21NO4. The first-order valence-corrected chi connectivity index (χ1v) is 6.09. The van der Waals surface area contributed by atoms with Crippen molar-refractivity contribution in [2.45, 2.75) is 19.9 Å². The minimum atomic E-state index is -0.400. The number of benzene rings is 1. The van der Waals surface area contributed by atoms with E-state index in [0.717, 1.165) is 5.69 Å². The Morgan fingerprint density at radius 3 is 2.21 bits per heavy atom. The molecule has 1 aromatic rings. The molecule has 1 rings (SSSR count). The standard InChI is InChI=1S/C14H21NO4/c1-9(2)13(14(16)19-5)15-10-6-7-11(17-3)12(8-10)18-4/h6-9,13,15H,1-5H3. The lowest BCUT2D eigenvalue weighted by Crippen LogP contribution is -2.35. The highest BCUT2D eigenvalue weighted by Crippen LogP contribution is 2.30. The van der Waals surface area contributed by atoms with Crippen LogP contribution < -0.4 is 14.8 Å². The van der Waals surface area contributed by atoms with Gasteiger partial charge in [0.15, 0.2) is 11.5 Å². The van der Waals surface area contributed by atoms with Crippen LogP contribution in [0.4, 0.5) is 5.69 Å². The fraction of sp³-hybridized carbons (Fsp3) is 0.500. The zero-order chi connectivity index (χ0) is 14.4. The molecule has 1 N–H and O–H groups in total. The second-order valence-corrected chi connectivity index (χ2v) is 4.46. The van der Waals surface area contributed by atoms with E-state index in [1.807, 2.05) is 19.9 Å². The SMILES string of the molecule is COC(=O)C(Nc1ccc(OC)c(OC)c1)C(C)C. The first-order valence-electron chi connectivity index (χ1n) is 6.09. The smallest absolute Gasteiger partial charge is 0.328 e. The number of anilines is 1. The molecule has 0 fully saturated rings. The number of hydrogen-bond acceptors (Lipinski definition) is 5. The lowest BCUT2D eigenvalue weighted by atomic mass is 10.0. The second kappa shape index (κ2) is 6.87. The second-order valence-electron chi connectivity index (χ2n) is 4.46. The maximum Gasteiger partial charge on any atom is 0.328 e. The summed E-state index contributed by atoms with van der Waals surface area (Å²) in [7, 11) is 4.53. The molecule has 0 aliphatic heterocycles. The normalized spacial score (nSPS) is 11.9. The summed E-state index contributed by atoms with van der Waals surface area (Å²) in [5.74, 6) is 1.08. The Kier molecular flexibility index (Phi) is 5.48. The van der Waals surface area contributed by atoms with E-state index in [9.17, 15) is 4.79 Å². The summed E-state index contributed by atoms with van der Waals surface area (Å²) in [6, 6.07) is 5.01. The van der Waals surface area contributed by atoms with E-state index in [2.05, 4.69) is 5.32 Å². The Morgan fingerprint density at radius 1 is 1.11 bits per heavy atom. The van der Waals surface area contributed by atoms with Crippen LogP contribution in [-0.2, 0) is 9.53 Å². The Balaban J connectivity index is 2.94. The minimum absolute atomic E-state index is 0.112. The number of methoxy groups -OCH3 is 3. The summed E-state index contributed by atoms with van der Waals surface area (Å²) in [6.45, 7) is 3.91. The van der Waals surface area contributed by atoms with Gasteiger partial charge in [-0.1, -0.05) is 13.8 Å². The van der Waals surface area contributed by atoms with E-state index < -0.39 is 6.04 Å². The molecule has 0 aliphatic rings. The van der Waals surface area contributed by atoms with Gasteiger partial charge < -0.3 is 19.5 Å². The summed E-state index contributed by atoms with van der Waals surface area (Å²) in [4.78, 5) is 11.7. The summed E-state index contributed by atoms with van der Waals surface area (Å²) < 4.78 is 15.2. The lowest BCUT2D eigenvalue weighted by molar-refractivity contribution is -0.142. The van der Waals surface area contributed by atoms with Crippen LogP contribution in [-0.4, -0.2) is 33.3 Å². The maximum absolute atomic E-state index is 11.7. The Morgan fingerprint density at radius 2 is 1.74 bits per heavy atom. The first kappa shape index (κ1) is 15.1. The van der Waals surface area contributed by atoms with Crippen molar-refractivity contribution < 1.29 is 19.0 Å². The fourth-order valence-corrected chi connectivity index (χ4v) is 1.73. The summed E-state index contributed by atoms with van der Waals surface area (Å²) in [6.07, 6.45) is 0. The molecule has 1 atom stereocenters. The van der Waals surface area contributed by atoms with Gasteiger partial charge >= 0.3 is 5.97 Å². The van der Waals surface area contributed by atoms with Gasteiger partial charge in [-0.2, -0.15) is 0 Å². The van der Waals surface area contributed by atoms with Crippen molar-refractivity contribution in [1.82, 2.24) is 0 Å². The first-order chi connectivity index (χ1) is 9.03. The number of carbonyl (C=O) groups excluding carboxylic acids is 1. The van der Waals surface area contributed by atoms with E-state index in [1.165, 1.54) is 7.11 Å². The van der Waals surface area contributed by atoms with Crippen molar-refractivity contribution in [2.75, 3.05) is 26.6 Å². The van der Waals surface area contributed by atoms with E-state index in [4.69, 9.17) is 14.2 Å². The molecule has 0 spiro atoms. The lowest BCUT2D eigenvalue weighted by Gasteiger charge is -2.21. The van der Waals surface area contributed by atoms with Crippen LogP contribution in [0.25, 0.3) is 0 Å². The molecule has 19 heavy (non-hydrogen) atoms. The molecule has 5 nitrogen and oxygen atoms in total. The summed E-state index contributed by atoms with van der Waals surface area (Å²) >= 11 is 0. The van der Waals surface area contributed by atoms with Gasteiger partial charge in [-0.15, -0.1) is 0 Å². The number of nitrogens with one attached hydrogen (secondary N) is 1. The van der Waals surface area contributed by atoms with Crippen molar-refractivity contribution in [3.05, 3.63) is 18.2 Å². The minimum Gasteiger partial charge on any atom is -0.493 e. The predicted octanol–water partition coefficient (Wildman–Crippen LogP) is 2.31. The van der Waals surface area contributed by atoms with Crippen molar-refractivity contribution in [1.29, 1.82) is 0 Å². The van der Waals surface area contributed by atoms with Gasteiger partial charge in [-0.3, -0.25) is 0 Å². The van der Waals surface area contributed by atoms with Gasteiger partial charge in [0, 0.05) is 11.8 Å². The summed E-state index contributed by atoms with van der Waals surface area (Å²) in [5, 5.41) is 3.15. The van der Waals surface area contributed by atoms with Crippen LogP contribution in [0.1, 0.15) is 13.8 Å². The van der Waals surface area contributed by atoms with Crippen LogP contribution in [0.3, 0.4) is 0 Å². The molecule has 1 unspecified atom stereocenters. The van der Waals surface area contributed by atoms with Crippen LogP contribution >= 0.6 is 0 Å². The monoisotopic (exact) mass is 267 g/mol. The molecule has 0 saturated carbocycles.